The van der Waals surface area contributed by atoms with Crippen LogP contribution in [0.25, 0.3) is 0 Å². The molecule has 0 aliphatic heterocycles. The van der Waals surface area contributed by atoms with Crippen LogP contribution in [0.2, 0.25) is 0 Å². The summed E-state index contributed by atoms with van der Waals surface area (Å²) in [6.45, 7) is 3.72. The van der Waals surface area contributed by atoms with Crippen molar-refractivity contribution < 1.29 is 8.42 Å². The highest BCUT2D eigenvalue weighted by Crippen LogP contribution is 1.93. The van der Waals surface area contributed by atoms with Crippen molar-refractivity contribution >= 4 is 19.7 Å². The smallest absolute Gasteiger partial charge is 0.110 e. The third kappa shape index (κ3) is 3.81. The van der Waals surface area contributed by atoms with Gasteiger partial charge in [-0.1, -0.05) is 13.8 Å². The molecule has 0 bridgehead atoms. The van der Waals surface area contributed by atoms with Crippen molar-refractivity contribution in [3.05, 3.63) is 0 Å². The Morgan fingerprint density at radius 2 is 1.67 bits per heavy atom. The highest BCUT2D eigenvalue weighted by Gasteiger charge is 2.03. The quantitative estimate of drug-likeness (QED) is 0.583. The predicted octanol–water partition coefficient (Wildman–Crippen LogP) is 0.829. The zero-order chi connectivity index (χ0) is 7.28. The van der Waals surface area contributed by atoms with Gasteiger partial charge >= 0.3 is 0 Å². The summed E-state index contributed by atoms with van der Waals surface area (Å²) in [4.78, 5) is 0. The van der Waals surface area contributed by atoms with Gasteiger partial charge in [-0.15, -0.1) is 0 Å². The lowest BCUT2D eigenvalue weighted by Gasteiger charge is -1.94. The minimum Gasteiger partial charge on any atom is -0.246 e. The molecule has 0 saturated heterocycles. The van der Waals surface area contributed by atoms with Crippen LogP contribution in [0, 0.1) is 0 Å². The molecule has 0 amide bonds. The molecule has 0 aromatic carbocycles. The van der Waals surface area contributed by atoms with Gasteiger partial charge in [0, 0.05) is 11.5 Å². The number of rotatable bonds is 4. The van der Waals surface area contributed by atoms with Gasteiger partial charge in [0.1, 0.15) is 19.7 Å². The fraction of sp³-hybridized carbons (Fsp3) is 1.00. The first kappa shape index (κ1) is 9.30. The van der Waals surface area contributed by atoms with E-state index in [1.54, 1.807) is 6.92 Å². The molecule has 2 unspecified atom stereocenters. The van der Waals surface area contributed by atoms with Crippen molar-refractivity contribution in [1.29, 1.82) is 0 Å². The van der Waals surface area contributed by atoms with Gasteiger partial charge < -0.3 is 0 Å². The van der Waals surface area contributed by atoms with E-state index < -0.39 is 19.7 Å². The lowest BCUT2D eigenvalue weighted by atomic mass is 10.6. The van der Waals surface area contributed by atoms with Crippen molar-refractivity contribution in [2.24, 2.45) is 0 Å². The Balaban J connectivity index is 3.60. The third-order valence-electron chi connectivity index (χ3n) is 0.814. The zero-order valence-electron chi connectivity index (χ0n) is 5.75. The molecule has 0 N–H and O–H groups in total. The Morgan fingerprint density at radius 3 is 2.00 bits per heavy atom. The standard InChI is InChI=1S/C5H12O2S2/c1-3-5-9(7)8(6)4-2/h3-5H2,1-2H3. The van der Waals surface area contributed by atoms with Crippen LogP contribution in [0.3, 0.4) is 0 Å². The summed E-state index contributed by atoms with van der Waals surface area (Å²) < 4.78 is 21.5. The second-order valence-electron chi connectivity index (χ2n) is 1.60. The molecule has 0 aliphatic rings. The van der Waals surface area contributed by atoms with E-state index in [0.717, 1.165) is 6.42 Å². The Labute approximate surface area is 60.3 Å². The van der Waals surface area contributed by atoms with Crippen molar-refractivity contribution in [2.75, 3.05) is 11.5 Å². The van der Waals surface area contributed by atoms with Gasteiger partial charge in [-0.05, 0) is 6.42 Å². The average molecular weight is 168 g/mol. The SMILES string of the molecule is CCCS(=O)S(=O)CC. The molecule has 0 radical (unpaired) electrons. The maximum atomic E-state index is 10.8. The molecule has 0 aliphatic carbocycles. The van der Waals surface area contributed by atoms with E-state index in [9.17, 15) is 8.42 Å². The van der Waals surface area contributed by atoms with Crippen LogP contribution in [-0.4, -0.2) is 19.9 Å². The summed E-state index contributed by atoms with van der Waals surface area (Å²) >= 11 is 0. The van der Waals surface area contributed by atoms with Crippen LogP contribution in [0.4, 0.5) is 0 Å². The summed E-state index contributed by atoms with van der Waals surface area (Å²) in [6.07, 6.45) is 0.846. The van der Waals surface area contributed by atoms with Gasteiger partial charge in [0.25, 0.3) is 0 Å². The zero-order valence-corrected chi connectivity index (χ0v) is 7.39. The summed E-state index contributed by atoms with van der Waals surface area (Å²) in [7, 11) is -2.19. The molecule has 9 heavy (non-hydrogen) atoms. The van der Waals surface area contributed by atoms with Crippen molar-refractivity contribution in [1.82, 2.24) is 0 Å². The van der Waals surface area contributed by atoms with Crippen LogP contribution in [0.5, 0.6) is 0 Å². The van der Waals surface area contributed by atoms with E-state index >= 15 is 0 Å². The van der Waals surface area contributed by atoms with Crippen molar-refractivity contribution in [2.45, 2.75) is 20.3 Å². The summed E-state index contributed by atoms with van der Waals surface area (Å²) in [6, 6.07) is 0. The monoisotopic (exact) mass is 168 g/mol. The normalized spacial score (nSPS) is 17.1. The minimum absolute atomic E-state index is 0.507. The molecule has 0 fully saturated rings. The molecule has 0 aromatic heterocycles. The third-order valence-corrected chi connectivity index (χ3v) is 4.89. The Morgan fingerprint density at radius 1 is 1.11 bits per heavy atom. The number of hydrogen-bond donors (Lipinski definition) is 0. The summed E-state index contributed by atoms with van der Waals surface area (Å²) in [5, 5.41) is 0. The van der Waals surface area contributed by atoms with Gasteiger partial charge in [-0.3, -0.25) is 0 Å². The van der Waals surface area contributed by atoms with Crippen LogP contribution in [0.1, 0.15) is 20.3 Å². The van der Waals surface area contributed by atoms with Crippen molar-refractivity contribution in [3.8, 4) is 0 Å². The maximum Gasteiger partial charge on any atom is 0.110 e. The minimum atomic E-state index is -1.10. The Hall–Kier alpha value is 0.300. The van der Waals surface area contributed by atoms with Crippen molar-refractivity contribution in [3.63, 3.8) is 0 Å². The molecule has 4 heteroatoms. The van der Waals surface area contributed by atoms with Gasteiger partial charge in [0.05, 0.1) is 0 Å². The Bertz CT molecular complexity index is 122. The first-order chi connectivity index (χ1) is 4.22. The first-order valence-electron chi connectivity index (χ1n) is 2.99. The molecule has 0 heterocycles. The molecule has 2 nitrogen and oxygen atoms in total. The van der Waals surface area contributed by atoms with Crippen LogP contribution >= 0.6 is 0 Å². The van der Waals surface area contributed by atoms with Crippen LogP contribution in [0.15, 0.2) is 0 Å². The van der Waals surface area contributed by atoms with Gasteiger partial charge in [-0.2, -0.15) is 0 Å². The lowest BCUT2D eigenvalue weighted by molar-refractivity contribution is 0.676. The highest BCUT2D eigenvalue weighted by atomic mass is 33.1. The molecule has 0 spiro atoms. The highest BCUT2D eigenvalue weighted by molar-refractivity contribution is 8.61. The van der Waals surface area contributed by atoms with Gasteiger partial charge in [0.15, 0.2) is 0 Å². The average Bonchev–Trinajstić information content (AvgIpc) is 1.87. The topological polar surface area (TPSA) is 34.1 Å². The molecule has 56 valence electrons. The number of hydrogen-bond acceptors (Lipinski definition) is 2. The fourth-order valence-electron chi connectivity index (χ4n) is 0.391. The Kier molecular flexibility index (Phi) is 5.28. The van der Waals surface area contributed by atoms with E-state index in [-0.39, 0.29) is 0 Å². The maximum absolute atomic E-state index is 10.8. The molecular formula is C5H12O2S2. The van der Waals surface area contributed by atoms with E-state index in [1.165, 1.54) is 0 Å². The fourth-order valence-corrected chi connectivity index (χ4v) is 3.02. The second-order valence-corrected chi connectivity index (χ2v) is 6.03. The summed E-state index contributed by atoms with van der Waals surface area (Å²) in [5.74, 6) is 1.08. The van der Waals surface area contributed by atoms with Crippen LogP contribution in [-0.2, 0) is 19.7 Å². The van der Waals surface area contributed by atoms with E-state index in [0.29, 0.717) is 11.5 Å². The predicted molar refractivity (Wildman–Crippen MR) is 42.0 cm³/mol. The molecule has 0 rings (SSSR count). The van der Waals surface area contributed by atoms with E-state index in [4.69, 9.17) is 0 Å². The van der Waals surface area contributed by atoms with Gasteiger partial charge in [-0.25, -0.2) is 8.42 Å². The molecular weight excluding hydrogens is 156 g/mol. The van der Waals surface area contributed by atoms with Crippen LogP contribution < -0.4 is 0 Å². The second kappa shape index (κ2) is 5.11. The van der Waals surface area contributed by atoms with E-state index in [2.05, 4.69) is 0 Å². The summed E-state index contributed by atoms with van der Waals surface area (Å²) in [5.41, 5.74) is 0. The molecule has 0 saturated carbocycles. The van der Waals surface area contributed by atoms with Gasteiger partial charge in [0.2, 0.25) is 0 Å². The largest absolute Gasteiger partial charge is 0.246 e. The first-order valence-corrected chi connectivity index (χ1v) is 6.15. The molecule has 2 atom stereocenters. The lowest BCUT2D eigenvalue weighted by Crippen LogP contribution is -2.05. The molecule has 0 aromatic rings. The van der Waals surface area contributed by atoms with E-state index in [1.807, 2.05) is 6.92 Å².